The minimum Gasteiger partial charge on any atom is -0.304 e. The maximum Gasteiger partial charge on any atom is 0.115 e. The number of piperidine rings is 3. The Hall–Kier alpha value is -0.450. The number of likely N-dealkylation sites (N-methyl/N-ethyl adjacent to an activating group) is 1. The van der Waals surface area contributed by atoms with Gasteiger partial charge in [0.25, 0.3) is 0 Å². The largest absolute Gasteiger partial charge is 0.304 e. The second kappa shape index (κ2) is 5.08. The average molecular weight is 291 g/mol. The van der Waals surface area contributed by atoms with E-state index in [1.807, 2.05) is 11.3 Å². The fourth-order valence-electron chi connectivity index (χ4n) is 4.44. The van der Waals surface area contributed by atoms with Crippen molar-refractivity contribution in [2.45, 2.75) is 51.0 Å². The molecule has 1 unspecified atom stereocenters. The van der Waals surface area contributed by atoms with Gasteiger partial charge in [-0.2, -0.15) is 0 Å². The van der Waals surface area contributed by atoms with Crippen LogP contribution >= 0.6 is 11.3 Å². The van der Waals surface area contributed by atoms with Crippen molar-refractivity contribution in [3.63, 3.8) is 0 Å². The van der Waals surface area contributed by atoms with Gasteiger partial charge in [-0.05, 0) is 64.1 Å². The molecule has 0 radical (unpaired) electrons. The molecule has 1 aromatic rings. The van der Waals surface area contributed by atoms with E-state index in [0.29, 0.717) is 0 Å². The first-order valence-corrected chi connectivity index (χ1v) is 9.10. The molecule has 3 aliphatic heterocycles. The van der Waals surface area contributed by atoms with Crippen LogP contribution in [0.5, 0.6) is 0 Å². The zero-order chi connectivity index (χ0) is 13.6. The van der Waals surface area contributed by atoms with E-state index in [1.54, 1.807) is 4.88 Å². The second-order valence-corrected chi connectivity index (χ2v) is 7.73. The maximum absolute atomic E-state index is 5.11. The zero-order valence-electron chi connectivity index (χ0n) is 12.5. The zero-order valence-corrected chi connectivity index (χ0v) is 13.3. The fraction of sp³-hybridized carbons (Fsp3) is 0.812. The van der Waals surface area contributed by atoms with Crippen LogP contribution in [0.25, 0.3) is 0 Å². The lowest BCUT2D eigenvalue weighted by atomic mass is 9.73. The van der Waals surface area contributed by atoms with Crippen molar-refractivity contribution in [2.24, 2.45) is 5.92 Å². The summed E-state index contributed by atoms with van der Waals surface area (Å²) in [4.78, 5) is 9.34. The molecular formula is C16H25N3S. The Bertz CT molecular complexity index is 466. The van der Waals surface area contributed by atoms with Gasteiger partial charge in [0.15, 0.2) is 0 Å². The summed E-state index contributed by atoms with van der Waals surface area (Å²) in [5.41, 5.74) is 1.58. The predicted octanol–water partition coefficient (Wildman–Crippen LogP) is 2.55. The summed E-state index contributed by atoms with van der Waals surface area (Å²) in [6, 6.07) is 0. The van der Waals surface area contributed by atoms with Crippen molar-refractivity contribution in [3.05, 3.63) is 15.6 Å². The van der Waals surface area contributed by atoms with Crippen LogP contribution in [0, 0.1) is 5.92 Å². The third-order valence-corrected chi connectivity index (χ3v) is 6.81. The van der Waals surface area contributed by atoms with E-state index in [1.165, 1.54) is 68.9 Å². The lowest BCUT2D eigenvalue weighted by Crippen LogP contribution is -2.63. The molecule has 3 fully saturated rings. The summed E-state index contributed by atoms with van der Waals surface area (Å²) < 4.78 is 0. The smallest absolute Gasteiger partial charge is 0.115 e. The maximum atomic E-state index is 5.11. The molecule has 1 aromatic heterocycles. The Kier molecular flexibility index (Phi) is 3.36. The molecule has 3 saturated heterocycles. The van der Waals surface area contributed by atoms with Crippen LogP contribution in [0.1, 0.15) is 48.2 Å². The SMILES string of the molecule is CCNC1(c2nc3c(s2)CCCC3)CN2CCC1CC2. The van der Waals surface area contributed by atoms with Crippen LogP contribution in [0.2, 0.25) is 0 Å². The highest BCUT2D eigenvalue weighted by Crippen LogP contribution is 2.45. The van der Waals surface area contributed by atoms with Crippen molar-refractivity contribution >= 4 is 11.3 Å². The first-order valence-electron chi connectivity index (χ1n) is 8.28. The Morgan fingerprint density at radius 1 is 1.30 bits per heavy atom. The number of rotatable bonds is 3. The van der Waals surface area contributed by atoms with E-state index in [-0.39, 0.29) is 5.54 Å². The third kappa shape index (κ3) is 1.96. The lowest BCUT2D eigenvalue weighted by molar-refractivity contribution is 0.00397. The number of hydrogen-bond acceptors (Lipinski definition) is 4. The van der Waals surface area contributed by atoms with E-state index in [2.05, 4.69) is 17.1 Å². The summed E-state index contributed by atoms with van der Waals surface area (Å²) in [5.74, 6) is 0.792. The van der Waals surface area contributed by atoms with Gasteiger partial charge in [0.1, 0.15) is 5.01 Å². The highest BCUT2D eigenvalue weighted by Gasteiger charge is 2.49. The van der Waals surface area contributed by atoms with Crippen molar-refractivity contribution in [3.8, 4) is 0 Å². The van der Waals surface area contributed by atoms with Gasteiger partial charge in [-0.1, -0.05) is 6.92 Å². The number of thiazole rings is 1. The second-order valence-electron chi connectivity index (χ2n) is 6.65. The molecule has 1 aliphatic carbocycles. The Morgan fingerprint density at radius 3 is 2.75 bits per heavy atom. The van der Waals surface area contributed by atoms with Crippen molar-refractivity contribution < 1.29 is 0 Å². The number of hydrogen-bond donors (Lipinski definition) is 1. The number of aryl methyl sites for hydroxylation is 2. The van der Waals surface area contributed by atoms with Gasteiger partial charge in [0, 0.05) is 11.4 Å². The van der Waals surface area contributed by atoms with E-state index in [0.717, 1.165) is 12.5 Å². The number of nitrogens with zero attached hydrogens (tertiary/aromatic N) is 2. The molecule has 1 atom stereocenters. The summed E-state index contributed by atoms with van der Waals surface area (Å²) in [7, 11) is 0. The van der Waals surface area contributed by atoms with E-state index in [9.17, 15) is 0 Å². The standard InChI is InChI=1S/C16H25N3S/c1-2-17-16(11-19-9-7-12(16)8-10-19)15-18-13-5-3-4-6-14(13)20-15/h12,17H,2-11H2,1H3. The van der Waals surface area contributed by atoms with Gasteiger partial charge < -0.3 is 10.2 Å². The molecule has 1 N–H and O–H groups in total. The first-order chi connectivity index (χ1) is 9.82. The minimum absolute atomic E-state index is 0.160. The summed E-state index contributed by atoms with van der Waals surface area (Å²) in [5, 5.41) is 5.26. The minimum atomic E-state index is 0.160. The molecule has 0 amide bonds. The molecule has 4 aliphatic rings. The van der Waals surface area contributed by atoms with Gasteiger partial charge in [-0.15, -0.1) is 11.3 Å². The Labute approximate surface area is 125 Å². The highest BCUT2D eigenvalue weighted by atomic mass is 32.1. The summed E-state index contributed by atoms with van der Waals surface area (Å²) in [6.07, 6.45) is 7.86. The molecule has 20 heavy (non-hydrogen) atoms. The monoisotopic (exact) mass is 291 g/mol. The first kappa shape index (κ1) is 13.2. The van der Waals surface area contributed by atoms with Crippen molar-refractivity contribution in [1.82, 2.24) is 15.2 Å². The Morgan fingerprint density at radius 2 is 2.10 bits per heavy atom. The van der Waals surface area contributed by atoms with Gasteiger partial charge in [-0.3, -0.25) is 0 Å². The average Bonchev–Trinajstić information content (AvgIpc) is 2.93. The van der Waals surface area contributed by atoms with E-state index >= 15 is 0 Å². The number of nitrogens with one attached hydrogen (secondary N) is 1. The van der Waals surface area contributed by atoms with Crippen LogP contribution in [-0.4, -0.2) is 36.1 Å². The van der Waals surface area contributed by atoms with Gasteiger partial charge in [0.2, 0.25) is 0 Å². The predicted molar refractivity (Wildman–Crippen MR) is 83.3 cm³/mol. The van der Waals surface area contributed by atoms with Gasteiger partial charge in [0.05, 0.1) is 11.2 Å². The highest BCUT2D eigenvalue weighted by molar-refractivity contribution is 7.11. The third-order valence-electron chi connectivity index (χ3n) is 5.48. The molecule has 110 valence electrons. The van der Waals surface area contributed by atoms with Crippen LogP contribution < -0.4 is 5.32 Å². The topological polar surface area (TPSA) is 28.2 Å². The molecule has 4 heterocycles. The number of aromatic nitrogens is 1. The lowest BCUT2D eigenvalue weighted by Gasteiger charge is -2.52. The van der Waals surface area contributed by atoms with Gasteiger partial charge >= 0.3 is 0 Å². The molecule has 3 nitrogen and oxygen atoms in total. The van der Waals surface area contributed by atoms with Crippen molar-refractivity contribution in [1.29, 1.82) is 0 Å². The quantitative estimate of drug-likeness (QED) is 0.927. The molecule has 0 spiro atoms. The van der Waals surface area contributed by atoms with E-state index < -0.39 is 0 Å². The molecule has 0 aromatic carbocycles. The molecule has 2 bridgehead atoms. The summed E-state index contributed by atoms with van der Waals surface area (Å²) >= 11 is 2.02. The van der Waals surface area contributed by atoms with E-state index in [4.69, 9.17) is 4.98 Å². The van der Waals surface area contributed by atoms with Crippen molar-refractivity contribution in [2.75, 3.05) is 26.2 Å². The van der Waals surface area contributed by atoms with Crippen LogP contribution in [0.15, 0.2) is 0 Å². The molecule has 0 saturated carbocycles. The van der Waals surface area contributed by atoms with Crippen LogP contribution in [0.4, 0.5) is 0 Å². The fourth-order valence-corrected chi connectivity index (χ4v) is 5.83. The van der Waals surface area contributed by atoms with Crippen LogP contribution in [-0.2, 0) is 18.4 Å². The molecular weight excluding hydrogens is 266 g/mol. The Balaban J connectivity index is 1.73. The normalized spacial score (nSPS) is 36.0. The molecule has 5 rings (SSSR count). The molecule has 4 heteroatoms. The van der Waals surface area contributed by atoms with Crippen LogP contribution in [0.3, 0.4) is 0 Å². The van der Waals surface area contributed by atoms with Gasteiger partial charge in [-0.25, -0.2) is 4.98 Å². The number of fused-ring (bicyclic) bond motifs is 4. The summed E-state index contributed by atoms with van der Waals surface area (Å²) in [6.45, 7) is 7.06.